The van der Waals surface area contributed by atoms with E-state index in [1.807, 2.05) is 0 Å². The molecule has 1 aromatic carbocycles. The number of carbonyl (C=O) groups is 1. The SMILES string of the molecule is O=C(O)c1ccc(N[C@@H]2OC[C@H](O)[C@@H](O)[C@H]2O)cc1. The topological polar surface area (TPSA) is 119 Å². The number of anilines is 1. The number of rotatable bonds is 3. The van der Waals surface area contributed by atoms with Crippen molar-refractivity contribution in [1.29, 1.82) is 0 Å². The molecule has 1 aliphatic rings. The second-order valence-corrected chi connectivity index (χ2v) is 4.33. The van der Waals surface area contributed by atoms with Crippen LogP contribution in [0.4, 0.5) is 5.69 Å². The van der Waals surface area contributed by atoms with E-state index in [0.29, 0.717) is 5.69 Å². The maximum Gasteiger partial charge on any atom is 0.335 e. The fourth-order valence-electron chi connectivity index (χ4n) is 1.81. The average molecular weight is 269 g/mol. The van der Waals surface area contributed by atoms with Crippen molar-refractivity contribution in [2.24, 2.45) is 0 Å². The highest BCUT2D eigenvalue weighted by Gasteiger charge is 2.37. The Morgan fingerprint density at radius 1 is 1.16 bits per heavy atom. The van der Waals surface area contributed by atoms with Crippen molar-refractivity contribution in [3.8, 4) is 0 Å². The summed E-state index contributed by atoms with van der Waals surface area (Å²) < 4.78 is 5.17. The van der Waals surface area contributed by atoms with Crippen LogP contribution in [-0.2, 0) is 4.74 Å². The van der Waals surface area contributed by atoms with Gasteiger partial charge in [0.1, 0.15) is 18.3 Å². The normalized spacial score (nSPS) is 30.9. The lowest BCUT2D eigenvalue weighted by Crippen LogP contribution is -2.55. The minimum atomic E-state index is -1.29. The van der Waals surface area contributed by atoms with Crippen molar-refractivity contribution in [3.05, 3.63) is 29.8 Å². The second-order valence-electron chi connectivity index (χ2n) is 4.33. The van der Waals surface area contributed by atoms with Gasteiger partial charge in [0.15, 0.2) is 6.23 Å². The summed E-state index contributed by atoms with van der Waals surface area (Å²) in [5.41, 5.74) is 0.684. The van der Waals surface area contributed by atoms with Crippen LogP contribution in [0.1, 0.15) is 10.4 Å². The van der Waals surface area contributed by atoms with Crippen LogP contribution in [-0.4, -0.2) is 57.5 Å². The summed E-state index contributed by atoms with van der Waals surface area (Å²) in [6, 6.07) is 5.87. The number of carboxylic acids is 1. The minimum absolute atomic E-state index is 0.0941. The van der Waals surface area contributed by atoms with E-state index in [2.05, 4.69) is 5.32 Å². The van der Waals surface area contributed by atoms with Gasteiger partial charge in [0.25, 0.3) is 0 Å². The summed E-state index contributed by atoms with van der Waals surface area (Å²) >= 11 is 0. The molecule has 0 amide bonds. The van der Waals surface area contributed by atoms with Crippen molar-refractivity contribution < 1.29 is 30.0 Å². The van der Waals surface area contributed by atoms with E-state index in [4.69, 9.17) is 9.84 Å². The molecule has 0 aromatic heterocycles. The molecule has 1 heterocycles. The van der Waals surface area contributed by atoms with Crippen molar-refractivity contribution in [3.63, 3.8) is 0 Å². The number of hydrogen-bond donors (Lipinski definition) is 5. The molecule has 0 saturated carbocycles. The highest BCUT2D eigenvalue weighted by atomic mass is 16.5. The van der Waals surface area contributed by atoms with E-state index < -0.39 is 30.5 Å². The first-order valence-electron chi connectivity index (χ1n) is 5.74. The third-order valence-corrected chi connectivity index (χ3v) is 2.94. The van der Waals surface area contributed by atoms with Crippen LogP contribution in [0.15, 0.2) is 24.3 Å². The molecule has 0 unspecified atom stereocenters. The maximum atomic E-state index is 10.7. The zero-order valence-electron chi connectivity index (χ0n) is 9.93. The Bertz CT molecular complexity index is 448. The lowest BCUT2D eigenvalue weighted by atomic mass is 10.0. The van der Waals surface area contributed by atoms with Crippen LogP contribution < -0.4 is 5.32 Å². The number of aromatic carboxylic acids is 1. The van der Waals surface area contributed by atoms with Gasteiger partial charge in [-0.05, 0) is 24.3 Å². The molecule has 1 saturated heterocycles. The monoisotopic (exact) mass is 269 g/mol. The van der Waals surface area contributed by atoms with Gasteiger partial charge in [-0.2, -0.15) is 0 Å². The van der Waals surface area contributed by atoms with E-state index in [1.54, 1.807) is 0 Å². The van der Waals surface area contributed by atoms with Crippen molar-refractivity contribution in [2.75, 3.05) is 11.9 Å². The Morgan fingerprint density at radius 3 is 2.37 bits per heavy atom. The van der Waals surface area contributed by atoms with E-state index in [1.165, 1.54) is 24.3 Å². The van der Waals surface area contributed by atoms with Gasteiger partial charge in [0, 0.05) is 5.69 Å². The molecule has 4 atom stereocenters. The van der Waals surface area contributed by atoms with Gasteiger partial charge >= 0.3 is 5.97 Å². The number of carboxylic acid groups (broad SMARTS) is 1. The first-order valence-corrected chi connectivity index (χ1v) is 5.74. The Kier molecular flexibility index (Phi) is 4.01. The van der Waals surface area contributed by atoms with Gasteiger partial charge in [0.05, 0.1) is 12.2 Å². The smallest absolute Gasteiger partial charge is 0.335 e. The third kappa shape index (κ3) is 3.02. The molecule has 1 aromatic rings. The maximum absolute atomic E-state index is 10.7. The number of aliphatic hydroxyl groups excluding tert-OH is 3. The Hall–Kier alpha value is -1.67. The Morgan fingerprint density at radius 2 is 1.79 bits per heavy atom. The second kappa shape index (κ2) is 5.54. The first-order chi connectivity index (χ1) is 8.99. The molecule has 1 aliphatic heterocycles. The van der Waals surface area contributed by atoms with Crippen molar-refractivity contribution in [1.82, 2.24) is 0 Å². The molecule has 104 valence electrons. The van der Waals surface area contributed by atoms with E-state index >= 15 is 0 Å². The molecule has 1 fully saturated rings. The molecule has 5 N–H and O–H groups in total. The van der Waals surface area contributed by atoms with E-state index in [-0.39, 0.29) is 12.2 Å². The molecular weight excluding hydrogens is 254 g/mol. The number of benzene rings is 1. The largest absolute Gasteiger partial charge is 0.478 e. The van der Waals surface area contributed by atoms with Crippen LogP contribution in [0.5, 0.6) is 0 Å². The third-order valence-electron chi connectivity index (χ3n) is 2.94. The average Bonchev–Trinajstić information content (AvgIpc) is 2.40. The Balaban J connectivity index is 2.03. The van der Waals surface area contributed by atoms with Crippen molar-refractivity contribution >= 4 is 11.7 Å². The van der Waals surface area contributed by atoms with Crippen molar-refractivity contribution in [2.45, 2.75) is 24.5 Å². The van der Waals surface area contributed by atoms with Crippen LogP contribution >= 0.6 is 0 Å². The Labute approximate surface area is 109 Å². The van der Waals surface area contributed by atoms with Gasteiger partial charge in [-0.1, -0.05) is 0 Å². The van der Waals surface area contributed by atoms with Gasteiger partial charge in [-0.25, -0.2) is 4.79 Å². The zero-order valence-corrected chi connectivity index (χ0v) is 9.93. The molecule has 2 rings (SSSR count). The number of ether oxygens (including phenoxy) is 1. The van der Waals surface area contributed by atoms with Gasteiger partial charge < -0.3 is 30.5 Å². The molecule has 0 bridgehead atoms. The molecule has 19 heavy (non-hydrogen) atoms. The van der Waals surface area contributed by atoms with Crippen LogP contribution in [0.25, 0.3) is 0 Å². The molecule has 0 spiro atoms. The fraction of sp³-hybridized carbons (Fsp3) is 0.417. The van der Waals surface area contributed by atoms with Gasteiger partial charge in [-0.3, -0.25) is 0 Å². The standard InChI is InChI=1S/C12H15NO6/c14-8-5-19-11(10(16)9(8)15)13-7-3-1-6(2-4-7)12(17)18/h1-4,8-11,13-16H,5H2,(H,17,18)/t8-,9+,10+,11+/m0/s1. The summed E-state index contributed by atoms with van der Waals surface area (Å²) in [6.07, 6.45) is -4.55. The van der Waals surface area contributed by atoms with Gasteiger partial charge in [-0.15, -0.1) is 0 Å². The number of aliphatic hydroxyl groups is 3. The molecular formula is C12H15NO6. The van der Waals surface area contributed by atoms with Crippen LogP contribution in [0.3, 0.4) is 0 Å². The molecule has 0 aliphatic carbocycles. The fourth-order valence-corrected chi connectivity index (χ4v) is 1.81. The van der Waals surface area contributed by atoms with Crippen LogP contribution in [0, 0.1) is 0 Å². The summed E-state index contributed by atoms with van der Waals surface area (Å²) in [5, 5.41) is 40.1. The zero-order chi connectivity index (χ0) is 14.0. The summed E-state index contributed by atoms with van der Waals surface area (Å²) in [5.74, 6) is -1.03. The first kappa shape index (κ1) is 13.8. The number of nitrogens with one attached hydrogen (secondary N) is 1. The molecule has 0 radical (unpaired) electrons. The molecule has 7 nitrogen and oxygen atoms in total. The predicted molar refractivity (Wildman–Crippen MR) is 64.8 cm³/mol. The molecule has 7 heteroatoms. The van der Waals surface area contributed by atoms with Gasteiger partial charge in [0.2, 0.25) is 0 Å². The summed E-state index contributed by atoms with van der Waals surface area (Å²) in [6.45, 7) is -0.0941. The van der Waals surface area contributed by atoms with Crippen LogP contribution in [0.2, 0.25) is 0 Å². The number of hydrogen-bond acceptors (Lipinski definition) is 6. The highest BCUT2D eigenvalue weighted by molar-refractivity contribution is 5.87. The lowest BCUT2D eigenvalue weighted by Gasteiger charge is -2.35. The summed E-state index contributed by atoms with van der Waals surface area (Å²) in [4.78, 5) is 10.7. The predicted octanol–water partition coefficient (Wildman–Crippen LogP) is -0.764. The minimum Gasteiger partial charge on any atom is -0.478 e. The van der Waals surface area contributed by atoms with E-state index in [0.717, 1.165) is 0 Å². The summed E-state index contributed by atoms with van der Waals surface area (Å²) in [7, 11) is 0. The quantitative estimate of drug-likeness (QED) is 0.489. The van der Waals surface area contributed by atoms with E-state index in [9.17, 15) is 20.1 Å². The highest BCUT2D eigenvalue weighted by Crippen LogP contribution is 2.19. The lowest BCUT2D eigenvalue weighted by molar-refractivity contribution is -0.178.